The van der Waals surface area contributed by atoms with Crippen LogP contribution in [0.25, 0.3) is 23.0 Å². The van der Waals surface area contributed by atoms with E-state index in [4.69, 9.17) is 0 Å². The van der Waals surface area contributed by atoms with Gasteiger partial charge in [0.25, 0.3) is 0 Å². The Morgan fingerprint density at radius 1 is 1.19 bits per heavy atom. The molecule has 0 radical (unpaired) electrons. The average Bonchev–Trinajstić information content (AvgIpc) is 3.16. The van der Waals surface area contributed by atoms with Crippen LogP contribution in [-0.4, -0.2) is 24.5 Å². The van der Waals surface area contributed by atoms with Gasteiger partial charge in [0.05, 0.1) is 17.5 Å². The van der Waals surface area contributed by atoms with E-state index in [1.165, 1.54) is 24.8 Å². The first kappa shape index (κ1) is 16.3. The van der Waals surface area contributed by atoms with Crippen molar-refractivity contribution in [2.45, 2.75) is 25.2 Å². The Morgan fingerprint density at radius 2 is 1.96 bits per heavy atom. The lowest BCUT2D eigenvalue weighted by atomic mass is 9.80. The molecule has 1 aromatic carbocycles. The third-order valence-electron chi connectivity index (χ3n) is 5.00. The molecule has 0 amide bonds. The average molecular weight is 344 g/mol. The van der Waals surface area contributed by atoms with E-state index in [1.807, 2.05) is 61.4 Å². The van der Waals surface area contributed by atoms with Gasteiger partial charge in [0.15, 0.2) is 11.6 Å². The smallest absolute Gasteiger partial charge is 0.181 e. The number of aromatic nitrogens is 5. The van der Waals surface area contributed by atoms with Crippen molar-refractivity contribution in [2.24, 2.45) is 14.1 Å². The van der Waals surface area contributed by atoms with Crippen LogP contribution in [0, 0.1) is 11.3 Å². The highest BCUT2D eigenvalue weighted by Crippen LogP contribution is 2.38. The molecule has 26 heavy (non-hydrogen) atoms. The van der Waals surface area contributed by atoms with Crippen molar-refractivity contribution in [1.29, 1.82) is 5.26 Å². The molecule has 1 fully saturated rings. The van der Waals surface area contributed by atoms with Gasteiger partial charge in [-0.1, -0.05) is 36.8 Å². The Bertz CT molecular complexity index is 999. The maximum absolute atomic E-state index is 9.75. The minimum absolute atomic E-state index is 0.492. The van der Waals surface area contributed by atoms with E-state index in [0.29, 0.717) is 23.1 Å². The summed E-state index contributed by atoms with van der Waals surface area (Å²) in [6.45, 7) is 0. The normalized spacial score (nSPS) is 14.9. The molecule has 0 aliphatic heterocycles. The van der Waals surface area contributed by atoms with Crippen molar-refractivity contribution in [2.75, 3.05) is 0 Å². The number of rotatable bonds is 4. The largest absolute Gasteiger partial charge is 0.268 e. The second-order valence-electron chi connectivity index (χ2n) is 6.66. The molecule has 2 aromatic heterocycles. The Labute approximate surface area is 152 Å². The standard InChI is InChI=1S/C20H20N6/c1-25-18(17(13-22-25)14-9-6-10-14)11-16(12-21)20-23-19(24-26(20)2)15-7-4-3-5-8-15/h3-5,7-8,11,13-14H,6,9-10H2,1-2H3/b16-11+. The first-order valence-corrected chi connectivity index (χ1v) is 8.78. The molecule has 3 aromatic rings. The lowest BCUT2D eigenvalue weighted by Gasteiger charge is -2.25. The summed E-state index contributed by atoms with van der Waals surface area (Å²) < 4.78 is 3.50. The van der Waals surface area contributed by atoms with Gasteiger partial charge in [-0.25, -0.2) is 9.67 Å². The molecule has 130 valence electrons. The van der Waals surface area contributed by atoms with Crippen molar-refractivity contribution in [3.63, 3.8) is 0 Å². The first-order chi connectivity index (χ1) is 12.7. The van der Waals surface area contributed by atoms with Gasteiger partial charge in [-0.3, -0.25) is 4.68 Å². The van der Waals surface area contributed by atoms with E-state index in [0.717, 1.165) is 11.3 Å². The first-order valence-electron chi connectivity index (χ1n) is 8.78. The van der Waals surface area contributed by atoms with Gasteiger partial charge in [-0.2, -0.15) is 15.5 Å². The van der Waals surface area contributed by atoms with Crippen molar-refractivity contribution in [3.8, 4) is 17.5 Å². The molecular weight excluding hydrogens is 324 g/mol. The van der Waals surface area contributed by atoms with Crippen molar-refractivity contribution in [1.82, 2.24) is 24.5 Å². The summed E-state index contributed by atoms with van der Waals surface area (Å²) in [5, 5.41) is 18.6. The molecule has 4 rings (SSSR count). The molecule has 0 atom stereocenters. The fourth-order valence-corrected chi connectivity index (χ4v) is 3.29. The molecule has 0 bridgehead atoms. The second kappa shape index (κ2) is 6.60. The van der Waals surface area contributed by atoms with E-state index < -0.39 is 0 Å². The predicted octanol–water partition coefficient (Wildman–Crippen LogP) is 3.55. The van der Waals surface area contributed by atoms with Gasteiger partial charge >= 0.3 is 0 Å². The molecule has 1 aliphatic carbocycles. The van der Waals surface area contributed by atoms with E-state index in [9.17, 15) is 5.26 Å². The van der Waals surface area contributed by atoms with Crippen molar-refractivity contribution >= 4 is 11.6 Å². The van der Waals surface area contributed by atoms with Crippen LogP contribution in [0.2, 0.25) is 0 Å². The summed E-state index contributed by atoms with van der Waals surface area (Å²) in [7, 11) is 3.73. The van der Waals surface area contributed by atoms with Crippen LogP contribution < -0.4 is 0 Å². The summed E-state index contributed by atoms with van der Waals surface area (Å²) in [5.41, 5.74) is 3.63. The highest BCUT2D eigenvalue weighted by Gasteiger charge is 2.24. The second-order valence-corrected chi connectivity index (χ2v) is 6.66. The van der Waals surface area contributed by atoms with E-state index in [-0.39, 0.29) is 0 Å². The zero-order chi connectivity index (χ0) is 18.1. The Kier molecular flexibility index (Phi) is 4.13. The zero-order valence-electron chi connectivity index (χ0n) is 14.9. The quantitative estimate of drug-likeness (QED) is 0.679. The lowest BCUT2D eigenvalue weighted by Crippen LogP contribution is -2.10. The maximum atomic E-state index is 9.75. The molecular formula is C20H20N6. The third kappa shape index (κ3) is 2.82. The van der Waals surface area contributed by atoms with Crippen LogP contribution in [0.15, 0.2) is 36.5 Å². The van der Waals surface area contributed by atoms with Crippen LogP contribution in [0.1, 0.15) is 42.3 Å². The van der Waals surface area contributed by atoms with Gasteiger partial charge in [0.1, 0.15) is 6.07 Å². The predicted molar refractivity (Wildman–Crippen MR) is 99.7 cm³/mol. The van der Waals surface area contributed by atoms with Crippen molar-refractivity contribution < 1.29 is 0 Å². The Balaban J connectivity index is 1.75. The minimum Gasteiger partial charge on any atom is -0.268 e. The highest BCUT2D eigenvalue weighted by molar-refractivity contribution is 5.87. The molecule has 1 aliphatic rings. The Hall–Kier alpha value is -3.20. The van der Waals surface area contributed by atoms with Crippen LogP contribution in [0.5, 0.6) is 0 Å². The SMILES string of the molecule is Cn1nc(-c2ccccc2)nc1/C(C#N)=C/c1c(C2CCC2)cnn1C. The number of nitrogens with zero attached hydrogens (tertiary/aromatic N) is 6. The third-order valence-corrected chi connectivity index (χ3v) is 5.00. The van der Waals surface area contributed by atoms with Gasteiger partial charge in [0.2, 0.25) is 0 Å². The van der Waals surface area contributed by atoms with Crippen LogP contribution in [0.4, 0.5) is 0 Å². The number of nitriles is 1. The number of hydrogen-bond donors (Lipinski definition) is 0. The van der Waals surface area contributed by atoms with Crippen LogP contribution in [0.3, 0.4) is 0 Å². The zero-order valence-corrected chi connectivity index (χ0v) is 14.9. The summed E-state index contributed by atoms with van der Waals surface area (Å²) in [6, 6.07) is 12.1. The van der Waals surface area contributed by atoms with Gasteiger partial charge in [-0.05, 0) is 24.8 Å². The summed E-state index contributed by atoms with van der Waals surface area (Å²) >= 11 is 0. The number of hydrogen-bond acceptors (Lipinski definition) is 4. The molecule has 2 heterocycles. The number of benzene rings is 1. The van der Waals surface area contributed by atoms with E-state index in [1.54, 1.807) is 4.68 Å². The molecule has 0 spiro atoms. The summed E-state index contributed by atoms with van der Waals surface area (Å²) in [5.74, 6) is 1.73. The number of allylic oxidation sites excluding steroid dienone is 1. The topological polar surface area (TPSA) is 72.3 Å². The summed E-state index contributed by atoms with van der Waals surface area (Å²) in [6.07, 6.45) is 7.46. The lowest BCUT2D eigenvalue weighted by molar-refractivity contribution is 0.419. The minimum atomic E-state index is 0.492. The van der Waals surface area contributed by atoms with E-state index in [2.05, 4.69) is 21.3 Å². The van der Waals surface area contributed by atoms with Crippen LogP contribution in [-0.2, 0) is 14.1 Å². The molecule has 0 N–H and O–H groups in total. The fraction of sp³-hybridized carbons (Fsp3) is 0.300. The molecule has 0 unspecified atom stereocenters. The van der Waals surface area contributed by atoms with Gasteiger partial charge in [0, 0.05) is 25.2 Å². The van der Waals surface area contributed by atoms with Gasteiger partial charge < -0.3 is 0 Å². The monoisotopic (exact) mass is 344 g/mol. The van der Waals surface area contributed by atoms with Crippen LogP contribution >= 0.6 is 0 Å². The number of aryl methyl sites for hydroxylation is 2. The van der Waals surface area contributed by atoms with Gasteiger partial charge in [-0.15, -0.1) is 0 Å². The highest BCUT2D eigenvalue weighted by atomic mass is 15.3. The summed E-state index contributed by atoms with van der Waals surface area (Å²) in [4.78, 5) is 4.60. The molecule has 0 saturated heterocycles. The van der Waals surface area contributed by atoms with E-state index >= 15 is 0 Å². The molecule has 6 heteroatoms. The maximum Gasteiger partial charge on any atom is 0.181 e. The molecule has 1 saturated carbocycles. The van der Waals surface area contributed by atoms with Crippen molar-refractivity contribution in [3.05, 3.63) is 53.6 Å². The Morgan fingerprint density at radius 3 is 2.62 bits per heavy atom. The molecule has 6 nitrogen and oxygen atoms in total. The fourth-order valence-electron chi connectivity index (χ4n) is 3.29.